The Balaban J connectivity index is 2.07. The molecule has 1 saturated heterocycles. The maximum Gasteiger partial charge on any atom is 0.410 e. The molecule has 0 bridgehead atoms. The Labute approximate surface area is 129 Å². The van der Waals surface area contributed by atoms with Gasteiger partial charge >= 0.3 is 6.09 Å². The molecule has 0 saturated carbocycles. The minimum atomic E-state index is -0.611. The fourth-order valence-corrected chi connectivity index (χ4v) is 2.24. The highest BCUT2D eigenvalue weighted by Crippen LogP contribution is 2.23. The first-order chi connectivity index (χ1) is 10.2. The van der Waals surface area contributed by atoms with E-state index in [1.54, 1.807) is 39.8 Å². The van der Waals surface area contributed by atoms with E-state index in [0.29, 0.717) is 6.54 Å². The highest BCUT2D eigenvalue weighted by Gasteiger charge is 2.31. The summed E-state index contributed by atoms with van der Waals surface area (Å²) in [5, 5.41) is 0. The number of nitrogens with zero attached hydrogens (tertiary/aromatic N) is 2. The molecule has 5 nitrogen and oxygen atoms in total. The summed E-state index contributed by atoms with van der Waals surface area (Å²) in [6.45, 7) is 7.54. The lowest BCUT2D eigenvalue weighted by atomic mass is 10.2. The third-order valence-corrected chi connectivity index (χ3v) is 3.27. The minimum absolute atomic E-state index is 0.109. The van der Waals surface area contributed by atoms with Gasteiger partial charge in [0.25, 0.3) is 0 Å². The Morgan fingerprint density at radius 1 is 1.27 bits per heavy atom. The highest BCUT2D eigenvalue weighted by molar-refractivity contribution is 5.97. The molecule has 6 heteroatoms. The topological polar surface area (TPSA) is 49.9 Å². The number of carbonyl (C=O) groups is 2. The zero-order valence-corrected chi connectivity index (χ0v) is 13.4. The second kappa shape index (κ2) is 5.94. The van der Waals surface area contributed by atoms with Crippen LogP contribution in [0.25, 0.3) is 0 Å². The lowest BCUT2D eigenvalue weighted by molar-refractivity contribution is -0.121. The Bertz CT molecular complexity index is 596. The van der Waals surface area contributed by atoms with Gasteiger partial charge in [0.1, 0.15) is 18.0 Å². The highest BCUT2D eigenvalue weighted by atomic mass is 19.1. The molecule has 1 aromatic rings. The first-order valence-corrected chi connectivity index (χ1v) is 7.22. The lowest BCUT2D eigenvalue weighted by Crippen LogP contribution is -2.53. The monoisotopic (exact) mass is 308 g/mol. The Morgan fingerprint density at radius 2 is 1.95 bits per heavy atom. The maximum atomic E-state index is 14.0. The van der Waals surface area contributed by atoms with Gasteiger partial charge in [-0.2, -0.15) is 0 Å². The summed E-state index contributed by atoms with van der Waals surface area (Å²) >= 11 is 0. The number of benzene rings is 1. The van der Waals surface area contributed by atoms with E-state index in [4.69, 9.17) is 4.74 Å². The van der Waals surface area contributed by atoms with E-state index in [2.05, 4.69) is 0 Å². The first-order valence-electron chi connectivity index (χ1n) is 7.22. The van der Waals surface area contributed by atoms with Gasteiger partial charge in [0.2, 0.25) is 5.91 Å². The molecule has 120 valence electrons. The number of anilines is 1. The van der Waals surface area contributed by atoms with Crippen molar-refractivity contribution in [2.24, 2.45) is 0 Å². The molecule has 2 rings (SSSR count). The number of rotatable bonds is 1. The zero-order valence-electron chi connectivity index (χ0n) is 13.4. The second-order valence-electron chi connectivity index (χ2n) is 6.40. The van der Waals surface area contributed by atoms with Gasteiger partial charge in [-0.3, -0.25) is 9.69 Å². The number of ether oxygens (including phenoxy) is 1. The molecule has 1 fully saturated rings. The normalized spacial score (nSPS) is 16.0. The Morgan fingerprint density at radius 3 is 2.50 bits per heavy atom. The molecule has 0 radical (unpaired) electrons. The van der Waals surface area contributed by atoms with Crippen LogP contribution in [-0.4, -0.2) is 42.1 Å². The van der Waals surface area contributed by atoms with Crippen molar-refractivity contribution in [1.82, 2.24) is 4.90 Å². The molecular weight excluding hydrogens is 287 g/mol. The van der Waals surface area contributed by atoms with Crippen LogP contribution >= 0.6 is 0 Å². The largest absolute Gasteiger partial charge is 0.444 e. The number of hydrogen-bond donors (Lipinski definition) is 0. The maximum absolute atomic E-state index is 14.0. The number of piperazine rings is 1. The summed E-state index contributed by atoms with van der Waals surface area (Å²) in [5.74, 6) is -0.751. The molecule has 1 aliphatic heterocycles. The smallest absolute Gasteiger partial charge is 0.410 e. The quantitative estimate of drug-likeness (QED) is 0.801. The van der Waals surface area contributed by atoms with E-state index in [-0.39, 0.29) is 24.7 Å². The van der Waals surface area contributed by atoms with Crippen molar-refractivity contribution in [1.29, 1.82) is 0 Å². The number of carbonyl (C=O) groups excluding carboxylic acids is 2. The van der Waals surface area contributed by atoms with Crippen LogP contribution in [0.4, 0.5) is 14.9 Å². The van der Waals surface area contributed by atoms with Gasteiger partial charge in [-0.15, -0.1) is 0 Å². The van der Waals surface area contributed by atoms with E-state index in [9.17, 15) is 14.0 Å². The second-order valence-corrected chi connectivity index (χ2v) is 6.40. The summed E-state index contributed by atoms with van der Waals surface area (Å²) in [5.41, 5.74) is 0.431. The zero-order chi connectivity index (χ0) is 16.5. The predicted octanol–water partition coefficient (Wildman–Crippen LogP) is 2.72. The van der Waals surface area contributed by atoms with Gasteiger partial charge in [-0.25, -0.2) is 9.18 Å². The van der Waals surface area contributed by atoms with E-state index < -0.39 is 17.5 Å². The molecule has 0 N–H and O–H groups in total. The van der Waals surface area contributed by atoms with Crippen LogP contribution in [0.5, 0.6) is 0 Å². The predicted molar refractivity (Wildman–Crippen MR) is 81.3 cm³/mol. The average Bonchev–Trinajstić information content (AvgIpc) is 2.37. The van der Waals surface area contributed by atoms with Crippen LogP contribution in [0.1, 0.15) is 26.3 Å². The number of aryl methyl sites for hydroxylation is 1. The van der Waals surface area contributed by atoms with Crippen LogP contribution in [0.15, 0.2) is 18.2 Å². The summed E-state index contributed by atoms with van der Waals surface area (Å²) < 4.78 is 19.2. The van der Waals surface area contributed by atoms with Crippen LogP contribution < -0.4 is 4.90 Å². The number of hydrogen-bond acceptors (Lipinski definition) is 3. The standard InChI is InChI=1S/C16H21FN2O3/c1-11-5-6-13(12(17)9-11)19-8-7-18(10-14(19)20)15(21)22-16(2,3)4/h5-6,9H,7-8,10H2,1-4H3. The summed E-state index contributed by atoms with van der Waals surface area (Å²) in [6, 6.07) is 4.74. The van der Waals surface area contributed by atoms with E-state index in [1.807, 2.05) is 0 Å². The molecule has 22 heavy (non-hydrogen) atoms. The molecule has 1 aliphatic rings. The Hall–Kier alpha value is -2.11. The van der Waals surface area contributed by atoms with E-state index in [1.165, 1.54) is 15.9 Å². The molecule has 1 aromatic carbocycles. The molecule has 0 aromatic heterocycles. The van der Waals surface area contributed by atoms with Crippen LogP contribution in [0, 0.1) is 12.7 Å². The fourth-order valence-electron chi connectivity index (χ4n) is 2.24. The third-order valence-electron chi connectivity index (χ3n) is 3.27. The van der Waals surface area contributed by atoms with Gasteiger partial charge in [-0.1, -0.05) is 6.07 Å². The van der Waals surface area contributed by atoms with Crippen LogP contribution in [-0.2, 0) is 9.53 Å². The lowest BCUT2D eigenvalue weighted by Gasteiger charge is -2.35. The van der Waals surface area contributed by atoms with E-state index in [0.717, 1.165) is 5.56 Å². The molecular formula is C16H21FN2O3. The van der Waals surface area contributed by atoms with Crippen molar-refractivity contribution in [3.63, 3.8) is 0 Å². The number of halogens is 1. The Kier molecular flexibility index (Phi) is 4.39. The third kappa shape index (κ3) is 3.75. The molecule has 0 atom stereocenters. The fraction of sp³-hybridized carbons (Fsp3) is 0.500. The molecule has 2 amide bonds. The van der Waals surface area contributed by atoms with Gasteiger partial charge in [0.05, 0.1) is 5.69 Å². The van der Waals surface area contributed by atoms with Crippen molar-refractivity contribution in [2.75, 3.05) is 24.5 Å². The molecule has 0 unspecified atom stereocenters. The summed E-state index contributed by atoms with van der Waals surface area (Å²) in [7, 11) is 0. The van der Waals surface area contributed by atoms with Crippen molar-refractivity contribution in [3.8, 4) is 0 Å². The molecule has 0 spiro atoms. The van der Waals surface area contributed by atoms with Crippen molar-refractivity contribution in [3.05, 3.63) is 29.6 Å². The van der Waals surface area contributed by atoms with Crippen molar-refractivity contribution < 1.29 is 18.7 Å². The van der Waals surface area contributed by atoms with Gasteiger partial charge in [-0.05, 0) is 45.4 Å². The van der Waals surface area contributed by atoms with Gasteiger partial charge in [0.15, 0.2) is 0 Å². The van der Waals surface area contributed by atoms with Gasteiger partial charge < -0.3 is 9.64 Å². The SMILES string of the molecule is Cc1ccc(N2CCN(C(=O)OC(C)(C)C)CC2=O)c(F)c1. The average molecular weight is 308 g/mol. The summed E-state index contributed by atoms with van der Waals surface area (Å²) in [4.78, 5) is 26.9. The molecule has 0 aliphatic carbocycles. The van der Waals surface area contributed by atoms with Gasteiger partial charge in [0, 0.05) is 13.1 Å². The molecule has 1 heterocycles. The van der Waals surface area contributed by atoms with Crippen LogP contribution in [0.2, 0.25) is 0 Å². The first kappa shape index (κ1) is 16.3. The van der Waals surface area contributed by atoms with Crippen molar-refractivity contribution >= 4 is 17.7 Å². The van der Waals surface area contributed by atoms with E-state index >= 15 is 0 Å². The van der Waals surface area contributed by atoms with Crippen LogP contribution in [0.3, 0.4) is 0 Å². The van der Waals surface area contributed by atoms with Crippen molar-refractivity contribution in [2.45, 2.75) is 33.3 Å². The minimum Gasteiger partial charge on any atom is -0.444 e. The summed E-state index contributed by atoms with van der Waals surface area (Å²) in [6.07, 6.45) is -0.523. The number of amides is 2.